The third-order valence-corrected chi connectivity index (χ3v) is 6.94. The Hall–Kier alpha value is -3.98. The summed E-state index contributed by atoms with van der Waals surface area (Å²) in [6.45, 7) is 5.37. The summed E-state index contributed by atoms with van der Waals surface area (Å²) < 4.78 is 0. The lowest BCUT2D eigenvalue weighted by Crippen LogP contribution is -2.40. The Kier molecular flexibility index (Phi) is 9.85. The van der Waals surface area contributed by atoms with Crippen molar-refractivity contribution in [2.24, 2.45) is 11.8 Å². The highest BCUT2D eigenvalue weighted by atomic mass is 32.1. The highest BCUT2D eigenvalue weighted by Gasteiger charge is 2.20. The highest BCUT2D eigenvalue weighted by Crippen LogP contribution is 2.30. The number of rotatable bonds is 12. The van der Waals surface area contributed by atoms with E-state index in [1.807, 2.05) is 78.9 Å². The van der Waals surface area contributed by atoms with Crippen LogP contribution in [0, 0.1) is 11.8 Å². The van der Waals surface area contributed by atoms with E-state index in [1.165, 1.54) is 0 Å². The van der Waals surface area contributed by atoms with Crippen molar-refractivity contribution < 1.29 is 9.59 Å². The fraction of sp³-hybridized carbons (Fsp3) is 0.300. The number of hydrogen-bond donors (Lipinski definition) is 3. The average molecular weight is 543 g/mol. The molecule has 4 aromatic rings. The minimum absolute atomic E-state index is 0.0178. The first-order chi connectivity index (χ1) is 19.0. The predicted molar refractivity (Wildman–Crippen MR) is 156 cm³/mol. The Bertz CT molecular complexity index is 1340. The zero-order chi connectivity index (χ0) is 27.6. The molecule has 0 aliphatic rings. The van der Waals surface area contributed by atoms with Gasteiger partial charge >= 0.3 is 0 Å². The van der Waals surface area contributed by atoms with Gasteiger partial charge in [-0.25, -0.2) is 5.10 Å². The Labute approximate surface area is 234 Å². The van der Waals surface area contributed by atoms with Crippen LogP contribution in [0.1, 0.15) is 36.2 Å². The number of carbonyl (C=O) groups excluding carboxylic acids is 2. The Morgan fingerprint density at radius 1 is 0.949 bits per heavy atom. The molecule has 0 saturated carbocycles. The van der Waals surface area contributed by atoms with Crippen LogP contribution >= 0.6 is 12.6 Å². The summed E-state index contributed by atoms with van der Waals surface area (Å²) in [5.74, 6) is 1.27. The van der Waals surface area contributed by atoms with Gasteiger partial charge in [-0.1, -0.05) is 80.6 Å². The van der Waals surface area contributed by atoms with E-state index in [0.717, 1.165) is 28.7 Å². The van der Waals surface area contributed by atoms with Crippen molar-refractivity contribution in [2.75, 3.05) is 18.8 Å². The van der Waals surface area contributed by atoms with Crippen LogP contribution in [-0.2, 0) is 11.3 Å². The van der Waals surface area contributed by atoms with Crippen molar-refractivity contribution in [2.45, 2.75) is 26.8 Å². The molecule has 9 heteroatoms. The first kappa shape index (κ1) is 28.0. The van der Waals surface area contributed by atoms with Crippen molar-refractivity contribution in [3.05, 3.63) is 90.0 Å². The van der Waals surface area contributed by atoms with Gasteiger partial charge in [0.2, 0.25) is 5.91 Å². The van der Waals surface area contributed by atoms with Crippen LogP contribution < -0.4 is 5.32 Å². The number of amides is 2. The van der Waals surface area contributed by atoms with Gasteiger partial charge in [-0.05, 0) is 51.6 Å². The standard InChI is InChI=1S/C30H34N6O2S/c1-21(2)18-25(20-39)29(37)31-16-17-36(30(38)24-8-4-3-5-9-24)19-22-12-14-23(15-13-22)26-10-6-7-11-27(26)28-32-34-35-33-28/h3-15,21,25,39H,16-20H2,1-2H3,(H,31,37)(H,32,33,34,35). The summed E-state index contributed by atoms with van der Waals surface area (Å²) in [5, 5.41) is 17.3. The molecule has 2 N–H and O–H groups in total. The molecule has 0 spiro atoms. The quantitative estimate of drug-likeness (QED) is 0.221. The molecule has 0 fully saturated rings. The molecule has 1 atom stereocenters. The first-order valence-corrected chi connectivity index (χ1v) is 13.7. The minimum Gasteiger partial charge on any atom is -0.354 e. The van der Waals surface area contributed by atoms with Crippen LogP contribution in [-0.4, -0.2) is 56.2 Å². The second-order valence-corrected chi connectivity index (χ2v) is 10.3. The second kappa shape index (κ2) is 13.7. The lowest BCUT2D eigenvalue weighted by Gasteiger charge is -2.24. The fourth-order valence-electron chi connectivity index (χ4n) is 4.53. The zero-order valence-corrected chi connectivity index (χ0v) is 23.1. The van der Waals surface area contributed by atoms with E-state index >= 15 is 0 Å². The Balaban J connectivity index is 1.48. The third kappa shape index (κ3) is 7.54. The summed E-state index contributed by atoms with van der Waals surface area (Å²) in [4.78, 5) is 27.9. The summed E-state index contributed by atoms with van der Waals surface area (Å²) in [6, 6.07) is 25.3. The summed E-state index contributed by atoms with van der Waals surface area (Å²) in [7, 11) is 0. The van der Waals surface area contributed by atoms with Gasteiger partial charge in [0.25, 0.3) is 5.91 Å². The molecule has 4 rings (SSSR count). The SMILES string of the molecule is CC(C)CC(CS)C(=O)NCCN(Cc1ccc(-c2ccccc2-c2nnn[nH]2)cc1)C(=O)c1ccccc1. The van der Waals surface area contributed by atoms with Crippen molar-refractivity contribution in [3.8, 4) is 22.5 Å². The maximum atomic E-state index is 13.4. The maximum Gasteiger partial charge on any atom is 0.254 e. The molecule has 39 heavy (non-hydrogen) atoms. The number of thiol groups is 1. The fourth-order valence-corrected chi connectivity index (χ4v) is 4.85. The Morgan fingerprint density at radius 3 is 2.28 bits per heavy atom. The van der Waals surface area contributed by atoms with Gasteiger partial charge in [-0.2, -0.15) is 12.6 Å². The van der Waals surface area contributed by atoms with Crippen LogP contribution in [0.15, 0.2) is 78.9 Å². The number of hydrogen-bond acceptors (Lipinski definition) is 6. The molecule has 1 aromatic heterocycles. The van der Waals surface area contributed by atoms with Crippen LogP contribution in [0.4, 0.5) is 0 Å². The average Bonchev–Trinajstić information content (AvgIpc) is 3.51. The number of aromatic nitrogens is 4. The van der Waals surface area contributed by atoms with E-state index in [0.29, 0.717) is 42.7 Å². The van der Waals surface area contributed by atoms with Crippen molar-refractivity contribution in [1.29, 1.82) is 0 Å². The lowest BCUT2D eigenvalue weighted by atomic mass is 9.98. The number of carbonyl (C=O) groups is 2. The predicted octanol–water partition coefficient (Wildman–Crippen LogP) is 4.88. The lowest BCUT2D eigenvalue weighted by molar-refractivity contribution is -0.124. The van der Waals surface area contributed by atoms with Crippen LogP contribution in [0.3, 0.4) is 0 Å². The van der Waals surface area contributed by atoms with Gasteiger partial charge in [0.05, 0.1) is 0 Å². The number of tetrazole rings is 1. The molecular weight excluding hydrogens is 508 g/mol. The van der Waals surface area contributed by atoms with Crippen LogP contribution in [0.25, 0.3) is 22.5 Å². The molecule has 0 radical (unpaired) electrons. The summed E-state index contributed by atoms with van der Waals surface area (Å²) in [6.07, 6.45) is 0.782. The first-order valence-electron chi connectivity index (χ1n) is 13.1. The smallest absolute Gasteiger partial charge is 0.254 e. The van der Waals surface area contributed by atoms with E-state index in [1.54, 1.807) is 4.90 Å². The number of benzene rings is 3. The summed E-state index contributed by atoms with van der Waals surface area (Å²) in [5.41, 5.74) is 4.53. The number of nitrogens with zero attached hydrogens (tertiary/aromatic N) is 4. The van der Waals surface area contributed by atoms with Crippen LogP contribution in [0.5, 0.6) is 0 Å². The molecular formula is C30H34N6O2S. The molecule has 0 bridgehead atoms. The topological polar surface area (TPSA) is 104 Å². The number of H-pyrrole nitrogens is 1. The van der Waals surface area contributed by atoms with Gasteiger partial charge in [-0.15, -0.1) is 5.10 Å². The van der Waals surface area contributed by atoms with Crippen LogP contribution in [0.2, 0.25) is 0 Å². The van der Waals surface area contributed by atoms with Crippen molar-refractivity contribution in [3.63, 3.8) is 0 Å². The summed E-state index contributed by atoms with van der Waals surface area (Å²) >= 11 is 4.36. The van der Waals surface area contributed by atoms with Gasteiger partial charge in [0, 0.05) is 42.4 Å². The van der Waals surface area contributed by atoms with E-state index in [2.05, 4.69) is 52.4 Å². The molecule has 1 unspecified atom stereocenters. The largest absolute Gasteiger partial charge is 0.354 e. The van der Waals surface area contributed by atoms with Gasteiger partial charge in [-0.3, -0.25) is 9.59 Å². The van der Waals surface area contributed by atoms with Crippen molar-refractivity contribution >= 4 is 24.4 Å². The molecule has 202 valence electrons. The molecule has 3 aromatic carbocycles. The molecule has 2 amide bonds. The highest BCUT2D eigenvalue weighted by molar-refractivity contribution is 7.80. The number of nitrogens with one attached hydrogen (secondary N) is 2. The molecule has 0 aliphatic carbocycles. The van der Waals surface area contributed by atoms with E-state index in [-0.39, 0.29) is 17.7 Å². The zero-order valence-electron chi connectivity index (χ0n) is 22.2. The van der Waals surface area contributed by atoms with E-state index in [9.17, 15) is 9.59 Å². The Morgan fingerprint density at radius 2 is 1.64 bits per heavy atom. The van der Waals surface area contributed by atoms with Crippen molar-refractivity contribution in [1.82, 2.24) is 30.8 Å². The van der Waals surface area contributed by atoms with Gasteiger partial charge in [0.1, 0.15) is 0 Å². The second-order valence-electron chi connectivity index (χ2n) is 9.89. The molecule has 1 heterocycles. The number of aromatic amines is 1. The monoisotopic (exact) mass is 542 g/mol. The van der Waals surface area contributed by atoms with Gasteiger partial charge in [0.15, 0.2) is 5.82 Å². The maximum absolute atomic E-state index is 13.4. The minimum atomic E-state index is -0.144. The third-order valence-electron chi connectivity index (χ3n) is 6.50. The van der Waals surface area contributed by atoms with E-state index in [4.69, 9.17) is 0 Å². The normalized spacial score (nSPS) is 11.8. The molecule has 0 saturated heterocycles. The van der Waals surface area contributed by atoms with E-state index < -0.39 is 0 Å². The van der Waals surface area contributed by atoms with Gasteiger partial charge < -0.3 is 10.2 Å². The molecule has 0 aliphatic heterocycles. The molecule has 8 nitrogen and oxygen atoms in total.